The first kappa shape index (κ1) is 15.5. The fourth-order valence-electron chi connectivity index (χ4n) is 2.23. The summed E-state index contributed by atoms with van der Waals surface area (Å²) in [6.45, 7) is 2.06. The average molecular weight is 304 g/mol. The van der Waals surface area contributed by atoms with Gasteiger partial charge in [0, 0.05) is 11.7 Å². The van der Waals surface area contributed by atoms with E-state index >= 15 is 0 Å². The molecule has 0 saturated carbocycles. The molecule has 0 fully saturated rings. The molecule has 0 aliphatic rings. The third kappa shape index (κ3) is 3.83. The van der Waals surface area contributed by atoms with E-state index in [4.69, 9.17) is 0 Å². The van der Waals surface area contributed by atoms with Crippen LogP contribution in [-0.4, -0.2) is 15.5 Å². The van der Waals surface area contributed by atoms with Crippen molar-refractivity contribution < 1.29 is 8.42 Å². The number of rotatable bonds is 6. The van der Waals surface area contributed by atoms with Crippen LogP contribution >= 0.6 is 0 Å². The van der Waals surface area contributed by atoms with Gasteiger partial charge in [0.15, 0.2) is 0 Å². The van der Waals surface area contributed by atoms with Crippen molar-refractivity contribution in [1.29, 1.82) is 0 Å². The average Bonchev–Trinajstić information content (AvgIpc) is 2.49. The molecule has 2 N–H and O–H groups in total. The summed E-state index contributed by atoms with van der Waals surface area (Å²) in [5, 5.41) is 3.18. The molecular weight excluding hydrogens is 284 g/mol. The predicted octanol–water partition coefficient (Wildman–Crippen LogP) is 3.16. The van der Waals surface area contributed by atoms with Gasteiger partial charge in [0.05, 0.1) is 4.90 Å². The molecule has 0 aliphatic heterocycles. The highest BCUT2D eigenvalue weighted by Crippen LogP contribution is 2.21. The van der Waals surface area contributed by atoms with Gasteiger partial charge in [0.1, 0.15) is 0 Å². The third-order valence-electron chi connectivity index (χ3n) is 3.35. The molecule has 0 amide bonds. The third-order valence-corrected chi connectivity index (χ3v) is 4.73. The molecule has 0 radical (unpaired) electrons. The number of para-hydroxylation sites is 1. The van der Waals surface area contributed by atoms with Crippen LogP contribution in [-0.2, 0) is 10.0 Å². The quantitative estimate of drug-likeness (QED) is 0.862. The Balaban J connectivity index is 2.30. The zero-order chi connectivity index (χ0) is 15.3. The van der Waals surface area contributed by atoms with Crippen LogP contribution in [0.5, 0.6) is 0 Å². The molecule has 1 unspecified atom stereocenters. The number of hydrogen-bond donors (Lipinski definition) is 2. The normalized spacial score (nSPS) is 12.9. The van der Waals surface area contributed by atoms with Crippen molar-refractivity contribution in [3.63, 3.8) is 0 Å². The van der Waals surface area contributed by atoms with Crippen molar-refractivity contribution in [2.45, 2.75) is 24.3 Å². The highest BCUT2D eigenvalue weighted by molar-refractivity contribution is 7.92. The molecule has 2 aromatic carbocycles. The lowest BCUT2D eigenvalue weighted by Crippen LogP contribution is -2.17. The van der Waals surface area contributed by atoms with Crippen LogP contribution in [0.2, 0.25) is 0 Å². The Hall–Kier alpha value is -1.85. The summed E-state index contributed by atoms with van der Waals surface area (Å²) in [6.07, 6.45) is 0.895. The van der Waals surface area contributed by atoms with Gasteiger partial charge >= 0.3 is 0 Å². The molecule has 0 heterocycles. The van der Waals surface area contributed by atoms with Gasteiger partial charge in [-0.3, -0.25) is 4.72 Å². The lowest BCUT2D eigenvalue weighted by molar-refractivity contribution is 0.574. The molecule has 0 aromatic heterocycles. The van der Waals surface area contributed by atoms with Crippen molar-refractivity contribution in [2.24, 2.45) is 0 Å². The minimum atomic E-state index is -3.56. The van der Waals surface area contributed by atoms with Crippen molar-refractivity contribution >= 4 is 15.7 Å². The first-order valence-electron chi connectivity index (χ1n) is 6.92. The Bertz CT molecular complexity index is 680. The molecule has 2 aromatic rings. The summed E-state index contributed by atoms with van der Waals surface area (Å²) in [5.41, 5.74) is 1.53. The van der Waals surface area contributed by atoms with Crippen LogP contribution in [0, 0.1) is 0 Å². The van der Waals surface area contributed by atoms with Crippen LogP contribution in [0.4, 0.5) is 5.69 Å². The van der Waals surface area contributed by atoms with E-state index in [9.17, 15) is 8.42 Å². The fourth-order valence-corrected chi connectivity index (χ4v) is 3.34. The van der Waals surface area contributed by atoms with Crippen LogP contribution in [0.15, 0.2) is 59.5 Å². The Morgan fingerprint density at radius 3 is 2.38 bits per heavy atom. The molecule has 2 rings (SSSR count). The molecule has 21 heavy (non-hydrogen) atoms. The second kappa shape index (κ2) is 6.74. The summed E-state index contributed by atoms with van der Waals surface area (Å²) >= 11 is 0. The van der Waals surface area contributed by atoms with E-state index in [1.165, 1.54) is 0 Å². The zero-order valence-electron chi connectivity index (χ0n) is 12.2. The zero-order valence-corrected chi connectivity index (χ0v) is 13.0. The van der Waals surface area contributed by atoms with Crippen molar-refractivity contribution in [3.05, 3.63) is 60.2 Å². The monoisotopic (exact) mass is 304 g/mol. The minimum absolute atomic E-state index is 0.150. The molecule has 112 valence electrons. The summed E-state index contributed by atoms with van der Waals surface area (Å²) in [7, 11) is -1.69. The van der Waals surface area contributed by atoms with Gasteiger partial charge in [-0.1, -0.05) is 37.3 Å². The van der Waals surface area contributed by atoms with Gasteiger partial charge in [-0.25, -0.2) is 8.42 Å². The van der Waals surface area contributed by atoms with Crippen molar-refractivity contribution in [1.82, 2.24) is 5.32 Å². The molecular formula is C16H20N2O2S. The van der Waals surface area contributed by atoms with Gasteiger partial charge in [0.25, 0.3) is 10.0 Å². The number of sulfonamides is 1. The minimum Gasteiger partial charge on any atom is -0.313 e. The van der Waals surface area contributed by atoms with Gasteiger partial charge in [0.2, 0.25) is 0 Å². The van der Waals surface area contributed by atoms with Crippen LogP contribution in [0.25, 0.3) is 0 Å². The standard InChI is InChI=1S/C16H20N2O2S/c1-3-16(17-2)13-8-7-11-15(12-13)21(19,20)18-14-9-5-4-6-10-14/h4-12,16-18H,3H2,1-2H3. The van der Waals surface area contributed by atoms with Crippen LogP contribution in [0.3, 0.4) is 0 Å². The Kier molecular flexibility index (Phi) is 4.98. The van der Waals surface area contributed by atoms with Crippen molar-refractivity contribution in [3.8, 4) is 0 Å². The summed E-state index contributed by atoms with van der Waals surface area (Å²) in [4.78, 5) is 0.276. The topological polar surface area (TPSA) is 58.2 Å². The highest BCUT2D eigenvalue weighted by atomic mass is 32.2. The molecule has 0 aliphatic carbocycles. The Labute approximate surface area is 126 Å². The van der Waals surface area contributed by atoms with Crippen molar-refractivity contribution in [2.75, 3.05) is 11.8 Å². The van der Waals surface area contributed by atoms with Gasteiger partial charge < -0.3 is 5.32 Å². The van der Waals surface area contributed by atoms with E-state index in [1.807, 2.05) is 19.2 Å². The summed E-state index contributed by atoms with van der Waals surface area (Å²) in [6, 6.07) is 16.1. The molecule has 1 atom stereocenters. The maximum atomic E-state index is 12.4. The van der Waals surface area contributed by atoms with Gasteiger partial charge in [-0.2, -0.15) is 0 Å². The van der Waals surface area contributed by atoms with E-state index in [-0.39, 0.29) is 10.9 Å². The predicted molar refractivity (Wildman–Crippen MR) is 85.8 cm³/mol. The summed E-state index contributed by atoms with van der Waals surface area (Å²) in [5.74, 6) is 0. The number of hydrogen-bond acceptors (Lipinski definition) is 3. The number of anilines is 1. The number of benzene rings is 2. The Morgan fingerprint density at radius 2 is 1.76 bits per heavy atom. The van der Waals surface area contributed by atoms with Gasteiger partial charge in [-0.05, 0) is 43.3 Å². The molecule has 0 bridgehead atoms. The fraction of sp³-hybridized carbons (Fsp3) is 0.250. The lowest BCUT2D eigenvalue weighted by atomic mass is 10.1. The maximum absolute atomic E-state index is 12.4. The molecule has 5 heteroatoms. The van der Waals surface area contributed by atoms with Gasteiger partial charge in [-0.15, -0.1) is 0 Å². The van der Waals surface area contributed by atoms with E-state index < -0.39 is 10.0 Å². The molecule has 0 saturated heterocycles. The first-order chi connectivity index (χ1) is 10.1. The SMILES string of the molecule is CCC(NC)c1cccc(S(=O)(=O)Nc2ccccc2)c1. The molecule has 0 spiro atoms. The Morgan fingerprint density at radius 1 is 1.05 bits per heavy atom. The number of nitrogens with one attached hydrogen (secondary N) is 2. The van der Waals surface area contributed by atoms with E-state index in [0.29, 0.717) is 5.69 Å². The van der Waals surface area contributed by atoms with E-state index in [2.05, 4.69) is 17.0 Å². The highest BCUT2D eigenvalue weighted by Gasteiger charge is 2.16. The second-order valence-corrected chi connectivity index (χ2v) is 6.48. The largest absolute Gasteiger partial charge is 0.313 e. The maximum Gasteiger partial charge on any atom is 0.261 e. The van der Waals surface area contributed by atoms with Crippen LogP contribution in [0.1, 0.15) is 24.9 Å². The van der Waals surface area contributed by atoms with Crippen LogP contribution < -0.4 is 10.0 Å². The second-order valence-electron chi connectivity index (χ2n) is 4.79. The molecule has 4 nitrogen and oxygen atoms in total. The smallest absolute Gasteiger partial charge is 0.261 e. The van der Waals surface area contributed by atoms with E-state index in [0.717, 1.165) is 12.0 Å². The van der Waals surface area contributed by atoms with E-state index in [1.54, 1.807) is 42.5 Å². The summed E-state index contributed by atoms with van der Waals surface area (Å²) < 4.78 is 27.4. The lowest BCUT2D eigenvalue weighted by Gasteiger charge is -2.15. The first-order valence-corrected chi connectivity index (χ1v) is 8.40.